The molecule has 0 fully saturated rings. The summed E-state index contributed by atoms with van der Waals surface area (Å²) in [6.07, 6.45) is 1.82. The standard InChI is InChI=1S/C25H28Br2N4O2/c1-15(2)17-6-8-18(9-7-17)25-29-23-22(27)19(14-31-16(3)20(26)13-28-31)12-21(33-5)24(23)30(25)10-11-32-4/h6-9,12-13,15H,10-11,14H2,1-5H3. The predicted molar refractivity (Wildman–Crippen MR) is 139 cm³/mol. The predicted octanol–water partition coefficient (Wildman–Crippen LogP) is 6.56. The fourth-order valence-electron chi connectivity index (χ4n) is 3.95. The van der Waals surface area contributed by atoms with Crippen molar-refractivity contribution in [2.24, 2.45) is 0 Å². The third kappa shape index (κ3) is 4.61. The normalized spacial score (nSPS) is 11.6. The van der Waals surface area contributed by atoms with Gasteiger partial charge in [0.15, 0.2) is 0 Å². The van der Waals surface area contributed by atoms with E-state index in [2.05, 4.69) is 85.7 Å². The minimum atomic E-state index is 0.481. The first-order valence-electron chi connectivity index (χ1n) is 10.9. The molecule has 0 N–H and O–H groups in total. The van der Waals surface area contributed by atoms with Crippen molar-refractivity contribution in [1.82, 2.24) is 19.3 Å². The molecule has 4 aromatic rings. The average Bonchev–Trinajstić information content (AvgIpc) is 3.35. The summed E-state index contributed by atoms with van der Waals surface area (Å²) >= 11 is 7.38. The summed E-state index contributed by atoms with van der Waals surface area (Å²) in [5.41, 5.74) is 6.31. The van der Waals surface area contributed by atoms with Crippen molar-refractivity contribution in [3.05, 3.63) is 62.3 Å². The Hall–Kier alpha value is -2.16. The number of aromatic nitrogens is 4. The lowest BCUT2D eigenvalue weighted by Crippen LogP contribution is -2.08. The Labute approximate surface area is 211 Å². The van der Waals surface area contributed by atoms with E-state index < -0.39 is 0 Å². The number of rotatable bonds is 8. The van der Waals surface area contributed by atoms with Crippen LogP contribution in [0.2, 0.25) is 0 Å². The number of imidazole rings is 1. The van der Waals surface area contributed by atoms with E-state index in [1.807, 2.05) is 17.8 Å². The van der Waals surface area contributed by atoms with Crippen molar-refractivity contribution in [3.63, 3.8) is 0 Å². The van der Waals surface area contributed by atoms with Gasteiger partial charge in [-0.3, -0.25) is 4.68 Å². The second kappa shape index (κ2) is 9.99. The molecule has 0 aliphatic heterocycles. The molecule has 33 heavy (non-hydrogen) atoms. The van der Waals surface area contributed by atoms with Crippen molar-refractivity contribution < 1.29 is 9.47 Å². The molecule has 174 valence electrons. The van der Waals surface area contributed by atoms with Gasteiger partial charge >= 0.3 is 0 Å². The van der Waals surface area contributed by atoms with Crippen LogP contribution in [0.4, 0.5) is 0 Å². The van der Waals surface area contributed by atoms with E-state index in [4.69, 9.17) is 14.5 Å². The molecular formula is C25H28Br2N4O2. The maximum Gasteiger partial charge on any atom is 0.145 e. The van der Waals surface area contributed by atoms with Gasteiger partial charge in [-0.25, -0.2) is 4.98 Å². The van der Waals surface area contributed by atoms with Crippen LogP contribution in [0.5, 0.6) is 5.75 Å². The molecule has 0 spiro atoms. The number of hydrogen-bond donors (Lipinski definition) is 0. The van der Waals surface area contributed by atoms with Crippen LogP contribution in [0.1, 0.15) is 36.6 Å². The van der Waals surface area contributed by atoms with Crippen LogP contribution in [0, 0.1) is 6.92 Å². The summed E-state index contributed by atoms with van der Waals surface area (Å²) in [5, 5.41) is 4.49. The van der Waals surface area contributed by atoms with E-state index in [9.17, 15) is 0 Å². The number of methoxy groups -OCH3 is 2. The summed E-state index contributed by atoms with van der Waals surface area (Å²) in [6, 6.07) is 10.7. The van der Waals surface area contributed by atoms with Gasteiger partial charge in [0.25, 0.3) is 0 Å². The lowest BCUT2D eigenvalue weighted by Gasteiger charge is -2.14. The zero-order valence-electron chi connectivity index (χ0n) is 19.5. The minimum absolute atomic E-state index is 0.481. The van der Waals surface area contributed by atoms with E-state index in [0.29, 0.717) is 25.6 Å². The molecule has 2 heterocycles. The molecule has 0 bridgehead atoms. The van der Waals surface area contributed by atoms with Gasteiger partial charge in [0, 0.05) is 24.9 Å². The Kier molecular flexibility index (Phi) is 7.26. The van der Waals surface area contributed by atoms with Gasteiger partial charge in [-0.2, -0.15) is 5.10 Å². The number of benzene rings is 2. The van der Waals surface area contributed by atoms with Crippen LogP contribution >= 0.6 is 31.9 Å². The molecule has 0 radical (unpaired) electrons. The second-order valence-corrected chi connectivity index (χ2v) is 9.99. The first kappa shape index (κ1) is 24.0. The van der Waals surface area contributed by atoms with Crippen molar-refractivity contribution in [2.45, 2.75) is 39.8 Å². The van der Waals surface area contributed by atoms with Gasteiger partial charge in [0.1, 0.15) is 22.6 Å². The van der Waals surface area contributed by atoms with Crippen LogP contribution in [0.25, 0.3) is 22.4 Å². The number of hydrogen-bond acceptors (Lipinski definition) is 4. The van der Waals surface area contributed by atoms with Crippen molar-refractivity contribution in [1.29, 1.82) is 0 Å². The molecule has 2 aromatic heterocycles. The van der Waals surface area contributed by atoms with Crippen LogP contribution in [0.15, 0.2) is 45.5 Å². The van der Waals surface area contributed by atoms with E-state index in [1.165, 1.54) is 5.56 Å². The Bertz CT molecular complexity index is 1280. The SMILES string of the molecule is COCCn1c(-c2ccc(C(C)C)cc2)nc2c(Br)c(Cn3ncc(Br)c3C)cc(OC)c21. The largest absolute Gasteiger partial charge is 0.494 e. The van der Waals surface area contributed by atoms with Crippen molar-refractivity contribution in [3.8, 4) is 17.1 Å². The molecule has 0 atom stereocenters. The molecule has 0 aliphatic rings. The van der Waals surface area contributed by atoms with Crippen LogP contribution in [0.3, 0.4) is 0 Å². The molecule has 2 aromatic carbocycles. The maximum absolute atomic E-state index is 5.86. The van der Waals surface area contributed by atoms with E-state index in [-0.39, 0.29) is 0 Å². The molecule has 0 unspecified atom stereocenters. The van der Waals surface area contributed by atoms with Gasteiger partial charge in [-0.05, 0) is 61.9 Å². The summed E-state index contributed by atoms with van der Waals surface area (Å²) in [7, 11) is 3.42. The summed E-state index contributed by atoms with van der Waals surface area (Å²) in [5.74, 6) is 2.15. The summed E-state index contributed by atoms with van der Waals surface area (Å²) < 4.78 is 17.3. The first-order valence-corrected chi connectivity index (χ1v) is 12.5. The monoisotopic (exact) mass is 574 g/mol. The van der Waals surface area contributed by atoms with Crippen molar-refractivity contribution in [2.75, 3.05) is 20.8 Å². The molecule has 6 nitrogen and oxygen atoms in total. The van der Waals surface area contributed by atoms with Crippen LogP contribution in [-0.4, -0.2) is 40.2 Å². The number of halogens is 2. The Morgan fingerprint density at radius 2 is 1.82 bits per heavy atom. The van der Waals surface area contributed by atoms with E-state index in [0.717, 1.165) is 48.4 Å². The molecule has 0 amide bonds. The Morgan fingerprint density at radius 1 is 1.09 bits per heavy atom. The zero-order chi connectivity index (χ0) is 23.7. The Balaban J connectivity index is 1.89. The highest BCUT2D eigenvalue weighted by molar-refractivity contribution is 9.11. The highest BCUT2D eigenvalue weighted by Crippen LogP contribution is 2.38. The number of ether oxygens (including phenoxy) is 2. The highest BCUT2D eigenvalue weighted by atomic mass is 79.9. The fourth-order valence-corrected chi connectivity index (χ4v) is 4.76. The molecule has 0 aliphatic carbocycles. The second-order valence-electron chi connectivity index (χ2n) is 8.34. The fraction of sp³-hybridized carbons (Fsp3) is 0.360. The lowest BCUT2D eigenvalue weighted by molar-refractivity contribution is 0.188. The smallest absolute Gasteiger partial charge is 0.145 e. The topological polar surface area (TPSA) is 54.1 Å². The number of nitrogens with zero attached hydrogens (tertiary/aromatic N) is 4. The van der Waals surface area contributed by atoms with Gasteiger partial charge in [-0.1, -0.05) is 38.1 Å². The summed E-state index contributed by atoms with van der Waals surface area (Å²) in [6.45, 7) is 8.29. The zero-order valence-corrected chi connectivity index (χ0v) is 22.7. The molecular weight excluding hydrogens is 548 g/mol. The van der Waals surface area contributed by atoms with E-state index in [1.54, 1.807) is 14.2 Å². The molecule has 8 heteroatoms. The Morgan fingerprint density at radius 3 is 2.39 bits per heavy atom. The van der Waals surface area contributed by atoms with Gasteiger partial charge in [-0.15, -0.1) is 0 Å². The highest BCUT2D eigenvalue weighted by Gasteiger charge is 2.22. The average molecular weight is 576 g/mol. The minimum Gasteiger partial charge on any atom is -0.494 e. The van der Waals surface area contributed by atoms with Crippen molar-refractivity contribution >= 4 is 42.9 Å². The van der Waals surface area contributed by atoms with Crippen LogP contribution in [-0.2, 0) is 17.8 Å². The molecule has 4 rings (SSSR count). The maximum atomic E-state index is 5.86. The van der Waals surface area contributed by atoms with Gasteiger partial charge < -0.3 is 14.0 Å². The summed E-state index contributed by atoms with van der Waals surface area (Å²) in [4.78, 5) is 5.09. The van der Waals surface area contributed by atoms with E-state index >= 15 is 0 Å². The third-order valence-corrected chi connectivity index (χ3v) is 7.60. The van der Waals surface area contributed by atoms with Gasteiger partial charge in [0.05, 0.1) is 35.4 Å². The first-order chi connectivity index (χ1) is 15.8. The quantitative estimate of drug-likeness (QED) is 0.239. The third-order valence-electron chi connectivity index (χ3n) is 5.93. The molecule has 0 saturated carbocycles. The molecule has 0 saturated heterocycles. The number of fused-ring (bicyclic) bond motifs is 1. The van der Waals surface area contributed by atoms with Gasteiger partial charge in [0.2, 0.25) is 0 Å². The lowest BCUT2D eigenvalue weighted by atomic mass is 10.0. The van der Waals surface area contributed by atoms with Crippen LogP contribution < -0.4 is 4.74 Å².